The smallest absolute Gasteiger partial charge is 0.160 e. The fourth-order valence-corrected chi connectivity index (χ4v) is 6.69. The SMILES string of the molecule is c1ccc(-c2cc(-c3ccc(-c4cccc5cc(-c6ccc(-c7cnc8ccccc8c7)cc6)ccc45)cc3)nc(-c3ccccc3)n2)cc1. The minimum Gasteiger partial charge on any atom is -0.256 e. The third kappa shape index (κ3) is 5.72. The lowest BCUT2D eigenvalue weighted by Gasteiger charge is -2.12. The number of aromatic nitrogens is 3. The van der Waals surface area contributed by atoms with Gasteiger partial charge >= 0.3 is 0 Å². The van der Waals surface area contributed by atoms with E-state index >= 15 is 0 Å². The Bertz CT molecular complexity index is 2550. The van der Waals surface area contributed by atoms with Crippen LogP contribution in [0.5, 0.6) is 0 Å². The van der Waals surface area contributed by atoms with Crippen molar-refractivity contribution in [2.75, 3.05) is 0 Å². The first kappa shape index (κ1) is 29.4. The summed E-state index contributed by atoms with van der Waals surface area (Å²) >= 11 is 0. The topological polar surface area (TPSA) is 38.7 Å². The van der Waals surface area contributed by atoms with Crippen LogP contribution in [0.15, 0.2) is 188 Å². The van der Waals surface area contributed by atoms with Gasteiger partial charge in [0.15, 0.2) is 5.82 Å². The maximum atomic E-state index is 5.01. The molecule has 0 amide bonds. The van der Waals surface area contributed by atoms with Gasteiger partial charge in [0, 0.05) is 33.8 Å². The van der Waals surface area contributed by atoms with Crippen LogP contribution in [0.4, 0.5) is 0 Å². The molecule has 50 heavy (non-hydrogen) atoms. The summed E-state index contributed by atoms with van der Waals surface area (Å²) in [6, 6.07) is 63.8. The second-order valence-corrected chi connectivity index (χ2v) is 12.5. The molecule has 234 valence electrons. The van der Waals surface area contributed by atoms with Gasteiger partial charge in [0.1, 0.15) is 0 Å². The van der Waals surface area contributed by atoms with Gasteiger partial charge in [-0.3, -0.25) is 4.98 Å². The number of rotatable bonds is 6. The average Bonchev–Trinajstić information content (AvgIpc) is 3.21. The number of hydrogen-bond acceptors (Lipinski definition) is 3. The largest absolute Gasteiger partial charge is 0.256 e. The summed E-state index contributed by atoms with van der Waals surface area (Å²) < 4.78 is 0. The molecule has 3 nitrogen and oxygen atoms in total. The first-order valence-corrected chi connectivity index (χ1v) is 16.8. The van der Waals surface area contributed by atoms with E-state index in [1.165, 1.54) is 33.0 Å². The molecule has 0 aliphatic carbocycles. The van der Waals surface area contributed by atoms with Crippen molar-refractivity contribution in [3.63, 3.8) is 0 Å². The second-order valence-electron chi connectivity index (χ2n) is 12.5. The minimum absolute atomic E-state index is 0.719. The van der Waals surface area contributed by atoms with Gasteiger partial charge in [0.2, 0.25) is 0 Å². The van der Waals surface area contributed by atoms with Crippen LogP contribution in [-0.4, -0.2) is 15.0 Å². The van der Waals surface area contributed by atoms with E-state index in [1.807, 2.05) is 54.7 Å². The zero-order valence-corrected chi connectivity index (χ0v) is 27.2. The van der Waals surface area contributed by atoms with Crippen molar-refractivity contribution in [1.29, 1.82) is 0 Å². The molecule has 2 heterocycles. The minimum atomic E-state index is 0.719. The monoisotopic (exact) mass is 637 g/mol. The average molecular weight is 638 g/mol. The normalized spacial score (nSPS) is 11.2. The van der Waals surface area contributed by atoms with Crippen molar-refractivity contribution in [2.45, 2.75) is 0 Å². The summed E-state index contributed by atoms with van der Waals surface area (Å²) in [5, 5.41) is 3.59. The zero-order valence-electron chi connectivity index (χ0n) is 27.2. The molecular weight excluding hydrogens is 607 g/mol. The van der Waals surface area contributed by atoms with Crippen LogP contribution >= 0.6 is 0 Å². The van der Waals surface area contributed by atoms with Crippen molar-refractivity contribution in [2.24, 2.45) is 0 Å². The Kier molecular flexibility index (Phi) is 7.49. The lowest BCUT2D eigenvalue weighted by molar-refractivity contribution is 1.18. The van der Waals surface area contributed by atoms with E-state index in [4.69, 9.17) is 9.97 Å². The molecule has 9 aromatic rings. The van der Waals surface area contributed by atoms with E-state index < -0.39 is 0 Å². The first-order chi connectivity index (χ1) is 24.7. The van der Waals surface area contributed by atoms with Crippen LogP contribution in [0.2, 0.25) is 0 Å². The van der Waals surface area contributed by atoms with Crippen LogP contribution in [0.25, 0.3) is 89.0 Å². The predicted octanol–water partition coefficient (Wildman–Crippen LogP) is 12.2. The highest BCUT2D eigenvalue weighted by molar-refractivity contribution is 5.99. The summed E-state index contributed by atoms with van der Waals surface area (Å²) in [7, 11) is 0. The number of hydrogen-bond donors (Lipinski definition) is 0. The molecule has 2 aromatic heterocycles. The summed E-state index contributed by atoms with van der Waals surface area (Å²) in [4.78, 5) is 14.6. The molecule has 0 radical (unpaired) electrons. The van der Waals surface area contributed by atoms with Gasteiger partial charge in [-0.1, -0.05) is 158 Å². The second kappa shape index (κ2) is 12.7. The molecular formula is C47H31N3. The molecule has 0 saturated heterocycles. The molecule has 0 fully saturated rings. The van der Waals surface area contributed by atoms with E-state index in [9.17, 15) is 0 Å². The van der Waals surface area contributed by atoms with Crippen LogP contribution in [0.3, 0.4) is 0 Å². The number of fused-ring (bicyclic) bond motifs is 2. The summed E-state index contributed by atoms with van der Waals surface area (Å²) in [5.41, 5.74) is 13.0. The quantitative estimate of drug-likeness (QED) is 0.182. The Morgan fingerprint density at radius 1 is 0.320 bits per heavy atom. The van der Waals surface area contributed by atoms with Gasteiger partial charge in [0.05, 0.1) is 16.9 Å². The van der Waals surface area contributed by atoms with Crippen molar-refractivity contribution in [1.82, 2.24) is 15.0 Å². The van der Waals surface area contributed by atoms with Crippen molar-refractivity contribution in [3.05, 3.63) is 188 Å². The van der Waals surface area contributed by atoms with Gasteiger partial charge < -0.3 is 0 Å². The van der Waals surface area contributed by atoms with E-state index in [1.54, 1.807) is 0 Å². The Balaban J connectivity index is 1.02. The van der Waals surface area contributed by atoms with Crippen molar-refractivity contribution in [3.8, 4) is 67.3 Å². The molecule has 7 aromatic carbocycles. The highest BCUT2D eigenvalue weighted by Gasteiger charge is 2.12. The van der Waals surface area contributed by atoms with E-state index in [0.717, 1.165) is 55.9 Å². The predicted molar refractivity (Wildman–Crippen MR) is 207 cm³/mol. The first-order valence-electron chi connectivity index (χ1n) is 16.8. The summed E-state index contributed by atoms with van der Waals surface area (Å²) in [6.07, 6.45) is 1.96. The zero-order chi connectivity index (χ0) is 33.3. The van der Waals surface area contributed by atoms with E-state index in [0.29, 0.717) is 0 Å². The standard InChI is InChI=1S/C47H31N3/c1-3-10-35(11-4-1)45-30-46(50-47(49-45)37-12-5-2-6-13-37)36-24-22-34(23-25-36)42-16-9-15-39-28-38(26-27-43(39)42)32-18-20-33(21-19-32)41-29-40-14-7-8-17-44(40)48-31-41/h1-31H. The van der Waals surface area contributed by atoms with Crippen LogP contribution in [0.1, 0.15) is 0 Å². The van der Waals surface area contributed by atoms with Crippen LogP contribution in [-0.2, 0) is 0 Å². The van der Waals surface area contributed by atoms with E-state index in [-0.39, 0.29) is 0 Å². The highest BCUT2D eigenvalue weighted by Crippen LogP contribution is 2.35. The lowest BCUT2D eigenvalue weighted by Crippen LogP contribution is -1.95. The maximum absolute atomic E-state index is 5.01. The molecule has 0 bridgehead atoms. The molecule has 0 saturated carbocycles. The lowest BCUT2D eigenvalue weighted by atomic mass is 9.94. The van der Waals surface area contributed by atoms with Gasteiger partial charge in [-0.2, -0.15) is 0 Å². The Labute approximate surface area is 291 Å². The number of pyridine rings is 1. The Morgan fingerprint density at radius 2 is 0.860 bits per heavy atom. The molecule has 0 aliphatic rings. The molecule has 3 heteroatoms. The third-order valence-electron chi connectivity index (χ3n) is 9.34. The number of benzene rings is 7. The third-order valence-corrected chi connectivity index (χ3v) is 9.34. The van der Waals surface area contributed by atoms with Gasteiger partial charge in [-0.05, 0) is 62.9 Å². The van der Waals surface area contributed by atoms with Gasteiger partial charge in [-0.15, -0.1) is 0 Å². The maximum Gasteiger partial charge on any atom is 0.160 e. The van der Waals surface area contributed by atoms with Crippen molar-refractivity contribution < 1.29 is 0 Å². The van der Waals surface area contributed by atoms with Crippen LogP contribution < -0.4 is 0 Å². The molecule has 0 aliphatic heterocycles. The number of para-hydroxylation sites is 1. The fourth-order valence-electron chi connectivity index (χ4n) is 6.69. The number of nitrogens with zero attached hydrogens (tertiary/aromatic N) is 3. The summed E-state index contributed by atoms with van der Waals surface area (Å²) in [6.45, 7) is 0. The van der Waals surface area contributed by atoms with Gasteiger partial charge in [-0.25, -0.2) is 9.97 Å². The van der Waals surface area contributed by atoms with E-state index in [2.05, 4.69) is 138 Å². The van der Waals surface area contributed by atoms with Gasteiger partial charge in [0.25, 0.3) is 0 Å². The van der Waals surface area contributed by atoms with Crippen molar-refractivity contribution >= 4 is 21.7 Å². The highest BCUT2D eigenvalue weighted by atomic mass is 14.9. The molecule has 0 spiro atoms. The Morgan fingerprint density at radius 3 is 1.60 bits per heavy atom. The fraction of sp³-hybridized carbons (Fsp3) is 0. The summed E-state index contributed by atoms with van der Waals surface area (Å²) in [5.74, 6) is 0.719. The molecule has 0 N–H and O–H groups in total. The molecule has 0 atom stereocenters. The Hall–Kier alpha value is -6.71. The van der Waals surface area contributed by atoms with Crippen LogP contribution in [0, 0.1) is 0 Å². The molecule has 0 unspecified atom stereocenters. The molecule has 9 rings (SSSR count).